The van der Waals surface area contributed by atoms with E-state index in [1.807, 2.05) is 0 Å². The minimum atomic E-state index is -4.51. The van der Waals surface area contributed by atoms with Crippen LogP contribution in [-0.4, -0.2) is 55.0 Å². The molecule has 0 bridgehead atoms. The van der Waals surface area contributed by atoms with E-state index in [4.69, 9.17) is 15.7 Å². The monoisotopic (exact) mass is 269 g/mol. The van der Waals surface area contributed by atoms with E-state index in [2.05, 4.69) is 5.16 Å². The fourth-order valence-electron chi connectivity index (χ4n) is 2.02. The van der Waals surface area contributed by atoms with Crippen molar-refractivity contribution in [3.05, 3.63) is 0 Å². The van der Waals surface area contributed by atoms with Crippen LogP contribution in [0.15, 0.2) is 5.16 Å². The van der Waals surface area contributed by atoms with E-state index in [9.17, 15) is 13.2 Å². The number of likely N-dealkylation sites (tertiary alicyclic amines) is 1. The summed E-state index contributed by atoms with van der Waals surface area (Å²) in [6.45, 7) is 0.753. The van der Waals surface area contributed by atoms with E-state index in [-0.39, 0.29) is 12.6 Å². The standard InChI is InChI=1S/C10H18F3N3O2/c1-18-7-2-4-16(5-3-7)6-8(9(14)15-17)10(11,12)13/h7-8,17H,2-6H2,1H3,(H2,14,15). The van der Waals surface area contributed by atoms with E-state index in [1.54, 1.807) is 12.0 Å². The Morgan fingerprint density at radius 3 is 2.44 bits per heavy atom. The Balaban J connectivity index is 2.58. The molecule has 1 rings (SSSR count). The van der Waals surface area contributed by atoms with Gasteiger partial charge in [-0.15, -0.1) is 0 Å². The lowest BCUT2D eigenvalue weighted by Crippen LogP contribution is -2.47. The Bertz CT molecular complexity index is 289. The van der Waals surface area contributed by atoms with E-state index < -0.39 is 17.9 Å². The number of rotatable bonds is 4. The Kier molecular flexibility index (Phi) is 5.21. The summed E-state index contributed by atoms with van der Waals surface area (Å²) in [6, 6.07) is 0. The number of amidine groups is 1. The summed E-state index contributed by atoms with van der Waals surface area (Å²) < 4.78 is 43.3. The highest BCUT2D eigenvalue weighted by Gasteiger charge is 2.44. The second-order valence-corrected chi connectivity index (χ2v) is 4.35. The maximum absolute atomic E-state index is 12.7. The lowest BCUT2D eigenvalue weighted by molar-refractivity contribution is -0.161. The van der Waals surface area contributed by atoms with Crippen LogP contribution in [0.3, 0.4) is 0 Å². The highest BCUT2D eigenvalue weighted by Crippen LogP contribution is 2.28. The molecule has 106 valence electrons. The molecule has 1 fully saturated rings. The molecule has 0 aliphatic carbocycles. The van der Waals surface area contributed by atoms with Gasteiger partial charge in [0.15, 0.2) is 5.84 Å². The molecule has 0 aromatic rings. The topological polar surface area (TPSA) is 71.1 Å². The number of nitrogens with two attached hydrogens (primary N) is 1. The predicted molar refractivity (Wildman–Crippen MR) is 59.4 cm³/mol. The van der Waals surface area contributed by atoms with Gasteiger partial charge in [-0.1, -0.05) is 5.16 Å². The molecule has 8 heteroatoms. The lowest BCUT2D eigenvalue weighted by Gasteiger charge is -2.33. The van der Waals surface area contributed by atoms with Crippen LogP contribution in [-0.2, 0) is 4.74 Å². The highest BCUT2D eigenvalue weighted by molar-refractivity contribution is 5.83. The van der Waals surface area contributed by atoms with E-state index in [0.29, 0.717) is 25.9 Å². The van der Waals surface area contributed by atoms with E-state index in [0.717, 1.165) is 0 Å². The molecule has 1 saturated heterocycles. The van der Waals surface area contributed by atoms with E-state index in [1.165, 1.54) is 0 Å². The van der Waals surface area contributed by atoms with Crippen molar-refractivity contribution in [1.82, 2.24) is 4.90 Å². The van der Waals surface area contributed by atoms with Crippen molar-refractivity contribution >= 4 is 5.84 Å². The van der Waals surface area contributed by atoms with E-state index >= 15 is 0 Å². The average Bonchev–Trinajstić information content (AvgIpc) is 2.34. The summed E-state index contributed by atoms with van der Waals surface area (Å²) in [6.07, 6.45) is -3.02. The number of halogens is 3. The molecule has 1 atom stereocenters. The fourth-order valence-corrected chi connectivity index (χ4v) is 2.02. The van der Waals surface area contributed by atoms with Crippen LogP contribution in [0.5, 0.6) is 0 Å². The number of ether oxygens (including phenoxy) is 1. The van der Waals surface area contributed by atoms with Crippen molar-refractivity contribution in [2.75, 3.05) is 26.7 Å². The number of alkyl halides is 3. The van der Waals surface area contributed by atoms with Crippen LogP contribution in [0, 0.1) is 5.92 Å². The summed E-state index contributed by atoms with van der Waals surface area (Å²) in [5.74, 6) is -2.72. The zero-order valence-electron chi connectivity index (χ0n) is 10.2. The summed E-state index contributed by atoms with van der Waals surface area (Å²) in [5.41, 5.74) is 5.10. The largest absolute Gasteiger partial charge is 0.409 e. The first-order chi connectivity index (χ1) is 8.38. The van der Waals surface area contributed by atoms with Crippen LogP contribution >= 0.6 is 0 Å². The molecule has 1 heterocycles. The molecule has 5 nitrogen and oxygen atoms in total. The summed E-state index contributed by atoms with van der Waals surface area (Å²) in [4.78, 5) is 1.66. The average molecular weight is 269 g/mol. The van der Waals surface area contributed by atoms with Gasteiger partial charge >= 0.3 is 6.18 Å². The second kappa shape index (κ2) is 6.24. The predicted octanol–water partition coefficient (Wildman–Crippen LogP) is 1.02. The van der Waals surface area contributed by atoms with Crippen molar-refractivity contribution < 1.29 is 23.1 Å². The third kappa shape index (κ3) is 4.02. The molecule has 0 spiro atoms. The quantitative estimate of drug-likeness (QED) is 0.346. The summed E-state index contributed by atoms with van der Waals surface area (Å²) in [5, 5.41) is 10.9. The normalized spacial score (nSPS) is 22.1. The molecule has 1 unspecified atom stereocenters. The Hall–Kier alpha value is -1.02. The van der Waals surface area contributed by atoms with Gasteiger partial charge in [-0.25, -0.2) is 0 Å². The molecule has 3 N–H and O–H groups in total. The Labute approximate surface area is 103 Å². The third-order valence-electron chi connectivity index (χ3n) is 3.18. The Morgan fingerprint density at radius 2 is 2.06 bits per heavy atom. The zero-order chi connectivity index (χ0) is 13.8. The summed E-state index contributed by atoms with van der Waals surface area (Å²) in [7, 11) is 1.59. The second-order valence-electron chi connectivity index (χ2n) is 4.35. The van der Waals surface area contributed by atoms with Gasteiger partial charge in [0.25, 0.3) is 0 Å². The van der Waals surface area contributed by atoms with Crippen molar-refractivity contribution in [3.8, 4) is 0 Å². The van der Waals surface area contributed by atoms with Gasteiger partial charge in [0, 0.05) is 26.7 Å². The first-order valence-electron chi connectivity index (χ1n) is 5.67. The molecule has 0 radical (unpaired) electrons. The molecule has 18 heavy (non-hydrogen) atoms. The van der Waals surface area contributed by atoms with Crippen molar-refractivity contribution in [2.24, 2.45) is 16.8 Å². The first-order valence-corrected chi connectivity index (χ1v) is 5.67. The van der Waals surface area contributed by atoms with Crippen molar-refractivity contribution in [3.63, 3.8) is 0 Å². The number of piperidine rings is 1. The van der Waals surface area contributed by atoms with Gasteiger partial charge in [-0.3, -0.25) is 0 Å². The van der Waals surface area contributed by atoms with Crippen molar-refractivity contribution in [2.45, 2.75) is 25.1 Å². The lowest BCUT2D eigenvalue weighted by atomic mass is 10.0. The smallest absolute Gasteiger partial charge is 0.400 e. The van der Waals surface area contributed by atoms with Gasteiger partial charge in [-0.2, -0.15) is 13.2 Å². The number of hydrogen-bond donors (Lipinski definition) is 2. The summed E-state index contributed by atoms with van der Waals surface area (Å²) >= 11 is 0. The third-order valence-corrected chi connectivity index (χ3v) is 3.18. The first kappa shape index (κ1) is 15.0. The number of hydrogen-bond acceptors (Lipinski definition) is 4. The minimum Gasteiger partial charge on any atom is -0.409 e. The van der Waals surface area contributed by atoms with Crippen LogP contribution in [0.2, 0.25) is 0 Å². The molecule has 0 aromatic heterocycles. The van der Waals surface area contributed by atoms with Gasteiger partial charge in [-0.05, 0) is 12.8 Å². The minimum absolute atomic E-state index is 0.106. The van der Waals surface area contributed by atoms with Crippen LogP contribution in [0.25, 0.3) is 0 Å². The molecule has 1 aliphatic heterocycles. The maximum Gasteiger partial charge on any atom is 0.400 e. The van der Waals surface area contributed by atoms with Gasteiger partial charge in [0.05, 0.1) is 6.10 Å². The zero-order valence-corrected chi connectivity index (χ0v) is 10.2. The molecular formula is C10H18F3N3O2. The number of methoxy groups -OCH3 is 1. The molecule has 1 aliphatic rings. The maximum atomic E-state index is 12.7. The molecular weight excluding hydrogens is 251 g/mol. The van der Waals surface area contributed by atoms with Crippen molar-refractivity contribution in [1.29, 1.82) is 0 Å². The number of nitrogens with zero attached hydrogens (tertiary/aromatic N) is 2. The van der Waals surface area contributed by atoms with Crippen LogP contribution in [0.4, 0.5) is 13.2 Å². The fraction of sp³-hybridized carbons (Fsp3) is 0.900. The van der Waals surface area contributed by atoms with Gasteiger partial charge in [0.2, 0.25) is 0 Å². The molecule has 0 saturated carbocycles. The van der Waals surface area contributed by atoms with Crippen LogP contribution < -0.4 is 5.73 Å². The Morgan fingerprint density at radius 1 is 1.50 bits per heavy atom. The van der Waals surface area contributed by atoms with Crippen LogP contribution in [0.1, 0.15) is 12.8 Å². The molecule has 0 amide bonds. The SMILES string of the molecule is COC1CCN(CC(C(N)=NO)C(F)(F)F)CC1. The number of oxime groups is 1. The van der Waals surface area contributed by atoms with Gasteiger partial charge < -0.3 is 20.6 Å². The highest BCUT2D eigenvalue weighted by atomic mass is 19.4. The van der Waals surface area contributed by atoms with Gasteiger partial charge in [0.1, 0.15) is 5.92 Å². The molecule has 0 aromatic carbocycles.